The quantitative estimate of drug-likeness (QED) is 0.724. The normalized spacial score (nSPS) is 11.1. The predicted octanol–water partition coefficient (Wildman–Crippen LogP) is 3.42. The molecule has 0 radical (unpaired) electrons. The number of halogens is 1. The van der Waals surface area contributed by atoms with Crippen LogP contribution in [-0.2, 0) is 6.54 Å². The van der Waals surface area contributed by atoms with Gasteiger partial charge >= 0.3 is 0 Å². The van der Waals surface area contributed by atoms with Crippen LogP contribution in [0.4, 0.5) is 15.8 Å². The highest BCUT2D eigenvalue weighted by Gasteiger charge is 2.13. The van der Waals surface area contributed by atoms with Gasteiger partial charge in [-0.25, -0.2) is 9.37 Å². The molecule has 3 rings (SSSR count). The lowest BCUT2D eigenvalue weighted by Crippen LogP contribution is -2.01. The second-order valence-corrected chi connectivity index (χ2v) is 5.11. The molecule has 0 saturated carbocycles. The average molecular weight is 284 g/mol. The van der Waals surface area contributed by atoms with Gasteiger partial charge in [-0.1, -0.05) is 6.92 Å². The van der Waals surface area contributed by atoms with Crippen LogP contribution in [0.3, 0.4) is 0 Å². The van der Waals surface area contributed by atoms with Gasteiger partial charge in [0.15, 0.2) is 0 Å². The van der Waals surface area contributed by atoms with E-state index in [4.69, 9.17) is 11.5 Å². The first-order chi connectivity index (χ1) is 10.1. The molecule has 0 aliphatic heterocycles. The molecule has 1 heterocycles. The molecule has 108 valence electrons. The number of hydrogen-bond donors (Lipinski definition) is 2. The maximum atomic E-state index is 13.4. The molecule has 1 aromatic heterocycles. The minimum Gasteiger partial charge on any atom is -0.399 e. The van der Waals surface area contributed by atoms with Crippen molar-refractivity contribution >= 4 is 22.4 Å². The van der Waals surface area contributed by atoms with Crippen LogP contribution in [-0.4, -0.2) is 9.55 Å². The van der Waals surface area contributed by atoms with Crippen LogP contribution >= 0.6 is 0 Å². The fraction of sp³-hybridized carbons (Fsp3) is 0.188. The van der Waals surface area contributed by atoms with Gasteiger partial charge in [0.2, 0.25) is 0 Å². The number of nitrogen functional groups attached to an aromatic ring is 2. The van der Waals surface area contributed by atoms with Gasteiger partial charge in [0, 0.05) is 29.5 Å². The number of benzene rings is 2. The third kappa shape index (κ3) is 2.42. The molecule has 21 heavy (non-hydrogen) atoms. The first kappa shape index (κ1) is 13.4. The molecule has 0 amide bonds. The number of hydrogen-bond acceptors (Lipinski definition) is 3. The molecule has 4 N–H and O–H groups in total. The van der Waals surface area contributed by atoms with E-state index >= 15 is 0 Å². The van der Waals surface area contributed by atoms with E-state index in [-0.39, 0.29) is 5.82 Å². The van der Waals surface area contributed by atoms with Crippen molar-refractivity contribution < 1.29 is 4.39 Å². The van der Waals surface area contributed by atoms with Gasteiger partial charge < -0.3 is 16.0 Å². The zero-order valence-electron chi connectivity index (χ0n) is 11.8. The van der Waals surface area contributed by atoms with E-state index in [9.17, 15) is 4.39 Å². The third-order valence-corrected chi connectivity index (χ3v) is 3.39. The van der Waals surface area contributed by atoms with E-state index in [0.29, 0.717) is 16.9 Å². The maximum absolute atomic E-state index is 13.4. The van der Waals surface area contributed by atoms with E-state index in [1.165, 1.54) is 12.1 Å². The Labute approximate surface area is 122 Å². The molecule has 3 aromatic rings. The number of nitrogens with two attached hydrogens (primary N) is 2. The van der Waals surface area contributed by atoms with Crippen molar-refractivity contribution in [1.82, 2.24) is 9.55 Å². The molecule has 0 saturated heterocycles. The Morgan fingerprint density at radius 2 is 1.81 bits per heavy atom. The van der Waals surface area contributed by atoms with Crippen LogP contribution in [0.1, 0.15) is 13.3 Å². The number of aryl methyl sites for hydroxylation is 1. The Balaban J connectivity index is 2.27. The summed E-state index contributed by atoms with van der Waals surface area (Å²) in [6.07, 6.45) is 0.952. The number of nitrogens with zero attached hydrogens (tertiary/aromatic N) is 2. The zero-order valence-corrected chi connectivity index (χ0v) is 11.8. The summed E-state index contributed by atoms with van der Waals surface area (Å²) in [5.74, 6) is 0.471. The Morgan fingerprint density at radius 3 is 2.48 bits per heavy atom. The summed E-state index contributed by atoms with van der Waals surface area (Å²) >= 11 is 0. The minimum absolute atomic E-state index is 0.290. The van der Waals surface area contributed by atoms with Gasteiger partial charge in [-0.3, -0.25) is 0 Å². The lowest BCUT2D eigenvalue weighted by molar-refractivity contribution is 0.629. The zero-order chi connectivity index (χ0) is 15.0. The Hall–Kier alpha value is -2.56. The number of rotatable bonds is 3. The van der Waals surface area contributed by atoms with Crippen molar-refractivity contribution in [3.8, 4) is 11.4 Å². The smallest absolute Gasteiger partial charge is 0.141 e. The molecule has 0 fully saturated rings. The number of anilines is 2. The highest BCUT2D eigenvalue weighted by molar-refractivity contribution is 5.82. The molecule has 0 aliphatic rings. The fourth-order valence-electron chi connectivity index (χ4n) is 2.58. The topological polar surface area (TPSA) is 69.9 Å². The lowest BCUT2D eigenvalue weighted by Gasteiger charge is -2.09. The summed E-state index contributed by atoms with van der Waals surface area (Å²) in [6, 6.07) is 10.0. The fourth-order valence-corrected chi connectivity index (χ4v) is 2.58. The van der Waals surface area contributed by atoms with Gasteiger partial charge in [0.1, 0.15) is 11.6 Å². The van der Waals surface area contributed by atoms with Crippen molar-refractivity contribution in [2.24, 2.45) is 0 Å². The van der Waals surface area contributed by atoms with Crippen molar-refractivity contribution in [3.05, 3.63) is 42.2 Å². The number of fused-ring (bicyclic) bond motifs is 1. The van der Waals surface area contributed by atoms with Crippen molar-refractivity contribution in [3.63, 3.8) is 0 Å². The van der Waals surface area contributed by atoms with Crippen molar-refractivity contribution in [2.75, 3.05) is 11.5 Å². The van der Waals surface area contributed by atoms with Gasteiger partial charge in [-0.05, 0) is 36.8 Å². The van der Waals surface area contributed by atoms with Crippen molar-refractivity contribution in [1.29, 1.82) is 0 Å². The Kier molecular flexibility index (Phi) is 3.25. The highest BCUT2D eigenvalue weighted by atomic mass is 19.1. The minimum atomic E-state index is -0.290. The van der Waals surface area contributed by atoms with Gasteiger partial charge in [0.05, 0.1) is 11.0 Å². The largest absolute Gasteiger partial charge is 0.399 e. The Morgan fingerprint density at radius 1 is 1.10 bits per heavy atom. The van der Waals surface area contributed by atoms with Crippen LogP contribution < -0.4 is 11.5 Å². The van der Waals surface area contributed by atoms with E-state index in [0.717, 1.165) is 29.9 Å². The molecule has 0 atom stereocenters. The maximum Gasteiger partial charge on any atom is 0.141 e. The number of aromatic nitrogens is 2. The summed E-state index contributed by atoms with van der Waals surface area (Å²) in [5, 5.41) is 0. The molecule has 5 heteroatoms. The molecule has 0 spiro atoms. The predicted molar refractivity (Wildman–Crippen MR) is 84.2 cm³/mol. The van der Waals surface area contributed by atoms with Gasteiger partial charge in [0.25, 0.3) is 0 Å². The van der Waals surface area contributed by atoms with Crippen LogP contribution in [0.2, 0.25) is 0 Å². The summed E-state index contributed by atoms with van der Waals surface area (Å²) < 4.78 is 15.5. The van der Waals surface area contributed by atoms with Crippen LogP contribution in [0.5, 0.6) is 0 Å². The van der Waals surface area contributed by atoms with Gasteiger partial charge in [-0.15, -0.1) is 0 Å². The summed E-state index contributed by atoms with van der Waals surface area (Å²) in [6.45, 7) is 2.89. The second-order valence-electron chi connectivity index (χ2n) is 5.11. The molecule has 4 nitrogen and oxygen atoms in total. The van der Waals surface area contributed by atoms with E-state index < -0.39 is 0 Å². The third-order valence-electron chi connectivity index (χ3n) is 3.39. The number of imidazole rings is 1. The average Bonchev–Trinajstić information content (AvgIpc) is 2.76. The SMILES string of the molecule is CCCn1c(-c2cc(N)cc(N)c2)nc2cc(F)ccc21. The van der Waals surface area contributed by atoms with Crippen LogP contribution in [0.25, 0.3) is 22.4 Å². The van der Waals surface area contributed by atoms with Crippen LogP contribution in [0, 0.1) is 5.82 Å². The van der Waals surface area contributed by atoms with Crippen LogP contribution in [0.15, 0.2) is 36.4 Å². The highest BCUT2D eigenvalue weighted by Crippen LogP contribution is 2.28. The van der Waals surface area contributed by atoms with Gasteiger partial charge in [-0.2, -0.15) is 0 Å². The van der Waals surface area contributed by atoms with E-state index in [1.54, 1.807) is 12.1 Å². The van der Waals surface area contributed by atoms with E-state index in [1.807, 2.05) is 12.1 Å². The molecule has 0 aliphatic carbocycles. The second kappa shape index (κ2) is 5.09. The lowest BCUT2D eigenvalue weighted by atomic mass is 10.1. The molecule has 2 aromatic carbocycles. The molecular weight excluding hydrogens is 267 g/mol. The first-order valence-electron chi connectivity index (χ1n) is 6.90. The Bertz CT molecular complexity index is 787. The van der Waals surface area contributed by atoms with Crippen molar-refractivity contribution in [2.45, 2.75) is 19.9 Å². The monoisotopic (exact) mass is 284 g/mol. The molecule has 0 bridgehead atoms. The molecular formula is C16H17FN4. The molecule has 0 unspecified atom stereocenters. The summed E-state index contributed by atoms with van der Waals surface area (Å²) in [4.78, 5) is 4.56. The summed E-state index contributed by atoms with van der Waals surface area (Å²) in [7, 11) is 0. The van der Waals surface area contributed by atoms with E-state index in [2.05, 4.69) is 16.5 Å². The standard InChI is InChI=1S/C16H17FN4/c1-2-5-21-15-4-3-11(17)8-14(15)20-16(21)10-6-12(18)9-13(19)7-10/h3-4,6-9H,2,5,18-19H2,1H3. The summed E-state index contributed by atoms with van der Waals surface area (Å²) in [5.41, 5.74) is 15.3. The first-order valence-corrected chi connectivity index (χ1v) is 6.90.